The maximum atomic E-state index is 9.20. The van der Waals surface area contributed by atoms with Crippen LogP contribution in [0.4, 0.5) is 0 Å². The molecule has 1 unspecified atom stereocenters. The molecule has 10 heavy (non-hydrogen) atoms. The minimum Gasteiger partial charge on any atom is -0.409 e. The van der Waals surface area contributed by atoms with E-state index in [2.05, 4.69) is 10.8 Å². The zero-order valence-electron chi connectivity index (χ0n) is 5.55. The van der Waals surface area contributed by atoms with Gasteiger partial charge in [0.1, 0.15) is 5.76 Å². The largest absolute Gasteiger partial charge is 0.409 e. The Hall–Kier alpha value is -0.580. The van der Waals surface area contributed by atoms with E-state index in [0.29, 0.717) is 0 Å². The molecule has 0 fully saturated rings. The van der Waals surface area contributed by atoms with Crippen LogP contribution in [0.3, 0.4) is 0 Å². The Morgan fingerprint density at radius 1 is 1.60 bits per heavy atom. The summed E-state index contributed by atoms with van der Waals surface area (Å²) in [4.78, 5) is 4.99. The van der Waals surface area contributed by atoms with Crippen LogP contribution in [-0.4, -0.2) is 24.4 Å². The Kier molecular flexibility index (Phi) is 1.37. The van der Waals surface area contributed by atoms with E-state index in [0.717, 1.165) is 30.8 Å². The molecule has 0 saturated carbocycles. The van der Waals surface area contributed by atoms with Crippen LogP contribution in [0.15, 0.2) is 11.3 Å². The summed E-state index contributed by atoms with van der Waals surface area (Å²) in [5.74, 6) is 0.860. The highest BCUT2D eigenvalue weighted by atomic mass is 16.7. The first kappa shape index (κ1) is 6.15. The lowest BCUT2D eigenvalue weighted by molar-refractivity contribution is 0.0320. The normalized spacial score (nSPS) is 31.9. The van der Waals surface area contributed by atoms with Crippen LogP contribution in [0.5, 0.6) is 0 Å². The van der Waals surface area contributed by atoms with Gasteiger partial charge in [0.15, 0.2) is 6.23 Å². The standard InChI is InChI=1S/C6H10N2O2/c9-6-4-1-2-7-3-5(4)10-8-6/h6-9H,1-3H2. The summed E-state index contributed by atoms with van der Waals surface area (Å²) >= 11 is 0. The van der Waals surface area contributed by atoms with Crippen molar-refractivity contribution in [3.63, 3.8) is 0 Å². The first-order valence-electron chi connectivity index (χ1n) is 3.41. The van der Waals surface area contributed by atoms with Crippen LogP contribution in [0, 0.1) is 0 Å². The number of aliphatic hydroxyl groups is 1. The first-order chi connectivity index (χ1) is 4.88. The van der Waals surface area contributed by atoms with Crippen molar-refractivity contribution < 1.29 is 9.94 Å². The van der Waals surface area contributed by atoms with Crippen LogP contribution in [-0.2, 0) is 4.84 Å². The van der Waals surface area contributed by atoms with Gasteiger partial charge in [-0.2, -0.15) is 0 Å². The van der Waals surface area contributed by atoms with Gasteiger partial charge < -0.3 is 15.3 Å². The smallest absolute Gasteiger partial charge is 0.162 e. The second-order valence-electron chi connectivity index (χ2n) is 2.50. The Morgan fingerprint density at radius 3 is 3.30 bits per heavy atom. The van der Waals surface area contributed by atoms with E-state index in [1.54, 1.807) is 0 Å². The van der Waals surface area contributed by atoms with E-state index < -0.39 is 6.23 Å². The van der Waals surface area contributed by atoms with Gasteiger partial charge >= 0.3 is 0 Å². The molecule has 0 amide bonds. The number of hydrogen-bond donors (Lipinski definition) is 3. The topological polar surface area (TPSA) is 53.5 Å². The van der Waals surface area contributed by atoms with E-state index in [9.17, 15) is 5.11 Å². The van der Waals surface area contributed by atoms with Gasteiger partial charge in [0, 0.05) is 5.57 Å². The highest BCUT2D eigenvalue weighted by Crippen LogP contribution is 2.20. The second-order valence-corrected chi connectivity index (χ2v) is 2.50. The molecule has 0 aromatic heterocycles. The third kappa shape index (κ3) is 0.811. The van der Waals surface area contributed by atoms with Crippen LogP contribution in [0.2, 0.25) is 0 Å². The van der Waals surface area contributed by atoms with E-state index in [4.69, 9.17) is 4.84 Å². The van der Waals surface area contributed by atoms with E-state index >= 15 is 0 Å². The summed E-state index contributed by atoms with van der Waals surface area (Å²) in [6.45, 7) is 1.67. The van der Waals surface area contributed by atoms with Crippen molar-refractivity contribution in [1.82, 2.24) is 10.8 Å². The lowest BCUT2D eigenvalue weighted by Crippen LogP contribution is -2.26. The van der Waals surface area contributed by atoms with E-state index in [1.807, 2.05) is 0 Å². The molecule has 0 bridgehead atoms. The van der Waals surface area contributed by atoms with E-state index in [-0.39, 0.29) is 0 Å². The first-order valence-corrected chi connectivity index (χ1v) is 3.41. The fraction of sp³-hybridized carbons (Fsp3) is 0.667. The summed E-state index contributed by atoms with van der Waals surface area (Å²) in [7, 11) is 0. The molecule has 0 saturated heterocycles. The summed E-state index contributed by atoms with van der Waals surface area (Å²) < 4.78 is 0. The molecular weight excluding hydrogens is 132 g/mol. The summed E-state index contributed by atoms with van der Waals surface area (Å²) in [6.07, 6.45) is 0.306. The average Bonchev–Trinajstić information content (AvgIpc) is 2.34. The fourth-order valence-corrected chi connectivity index (χ4v) is 1.27. The van der Waals surface area contributed by atoms with Gasteiger partial charge in [-0.05, 0) is 13.0 Å². The molecule has 0 aromatic rings. The summed E-state index contributed by atoms with van der Waals surface area (Å²) in [5, 5.41) is 12.3. The van der Waals surface area contributed by atoms with Gasteiger partial charge in [-0.25, -0.2) is 0 Å². The highest BCUT2D eigenvalue weighted by molar-refractivity contribution is 5.19. The quantitative estimate of drug-likeness (QED) is 0.410. The molecule has 2 rings (SSSR count). The molecule has 1 atom stereocenters. The second kappa shape index (κ2) is 2.23. The van der Waals surface area contributed by atoms with Crippen LogP contribution >= 0.6 is 0 Å². The van der Waals surface area contributed by atoms with Crippen molar-refractivity contribution in [2.45, 2.75) is 12.6 Å². The Morgan fingerprint density at radius 2 is 2.50 bits per heavy atom. The van der Waals surface area contributed by atoms with Gasteiger partial charge in [0.05, 0.1) is 6.54 Å². The number of hydroxylamine groups is 1. The predicted octanol–water partition coefficient (Wildman–Crippen LogP) is -0.913. The molecule has 0 spiro atoms. The third-order valence-corrected chi connectivity index (χ3v) is 1.84. The molecule has 4 heteroatoms. The molecule has 2 heterocycles. The number of hydrogen-bond acceptors (Lipinski definition) is 4. The minimum atomic E-state index is -0.572. The van der Waals surface area contributed by atoms with Crippen molar-refractivity contribution in [1.29, 1.82) is 0 Å². The number of rotatable bonds is 0. The van der Waals surface area contributed by atoms with E-state index in [1.165, 1.54) is 0 Å². The van der Waals surface area contributed by atoms with Gasteiger partial charge in [-0.3, -0.25) is 0 Å². The molecule has 3 N–H and O–H groups in total. The summed E-state index contributed by atoms with van der Waals surface area (Å²) in [5.41, 5.74) is 3.50. The van der Waals surface area contributed by atoms with Gasteiger partial charge in [0.2, 0.25) is 0 Å². The predicted molar refractivity (Wildman–Crippen MR) is 34.7 cm³/mol. The molecule has 4 nitrogen and oxygen atoms in total. The Balaban J connectivity index is 2.20. The van der Waals surface area contributed by atoms with Crippen molar-refractivity contribution in [3.05, 3.63) is 11.3 Å². The fourth-order valence-electron chi connectivity index (χ4n) is 1.27. The zero-order valence-corrected chi connectivity index (χ0v) is 5.55. The van der Waals surface area contributed by atoms with Crippen LogP contribution in [0.25, 0.3) is 0 Å². The SMILES string of the molecule is OC1NOC2=C1CCNC2. The molecule has 2 aliphatic rings. The number of nitrogens with one attached hydrogen (secondary N) is 2. The van der Waals surface area contributed by atoms with Gasteiger partial charge in [-0.1, -0.05) is 0 Å². The molecule has 2 aliphatic heterocycles. The van der Waals surface area contributed by atoms with Crippen LogP contribution < -0.4 is 10.8 Å². The molecule has 56 valence electrons. The van der Waals surface area contributed by atoms with Gasteiger partial charge in [-0.15, -0.1) is 5.48 Å². The zero-order chi connectivity index (χ0) is 6.97. The maximum Gasteiger partial charge on any atom is 0.162 e. The highest BCUT2D eigenvalue weighted by Gasteiger charge is 2.26. The Labute approximate surface area is 58.8 Å². The third-order valence-electron chi connectivity index (χ3n) is 1.84. The number of aliphatic hydroxyl groups excluding tert-OH is 1. The monoisotopic (exact) mass is 142 g/mol. The Bertz CT molecular complexity index is 179. The lowest BCUT2D eigenvalue weighted by atomic mass is 10.1. The van der Waals surface area contributed by atoms with Crippen molar-refractivity contribution in [3.8, 4) is 0 Å². The molecular formula is C6H10N2O2. The van der Waals surface area contributed by atoms with Crippen molar-refractivity contribution in [2.75, 3.05) is 13.1 Å². The lowest BCUT2D eigenvalue weighted by Gasteiger charge is -2.12. The van der Waals surface area contributed by atoms with Crippen molar-refractivity contribution >= 4 is 0 Å². The summed E-state index contributed by atoms with van der Waals surface area (Å²) in [6, 6.07) is 0. The molecule has 0 radical (unpaired) electrons. The molecule has 0 aliphatic carbocycles. The van der Waals surface area contributed by atoms with Crippen molar-refractivity contribution in [2.24, 2.45) is 0 Å². The van der Waals surface area contributed by atoms with Crippen LogP contribution in [0.1, 0.15) is 6.42 Å². The maximum absolute atomic E-state index is 9.20. The van der Waals surface area contributed by atoms with Gasteiger partial charge in [0.25, 0.3) is 0 Å². The average molecular weight is 142 g/mol. The minimum absolute atomic E-state index is 0.572. The molecule has 0 aromatic carbocycles.